The third kappa shape index (κ3) is 3.06. The zero-order chi connectivity index (χ0) is 16.4. The Hall–Kier alpha value is -2.75. The molecule has 0 fully saturated rings. The van der Waals surface area contributed by atoms with Crippen molar-refractivity contribution < 1.29 is 9.90 Å². The Bertz CT molecular complexity index is 851. The molecule has 1 heterocycles. The molecular weight excluding hydrogens is 288 g/mol. The molecule has 0 aliphatic heterocycles. The van der Waals surface area contributed by atoms with Crippen LogP contribution in [-0.4, -0.2) is 15.6 Å². The largest absolute Gasteiger partial charge is 0.508 e. The molecule has 1 aromatic heterocycles. The van der Waals surface area contributed by atoms with E-state index in [9.17, 15) is 9.90 Å². The normalized spacial score (nSPS) is 11.0. The Morgan fingerprint density at radius 2 is 1.91 bits per heavy atom. The van der Waals surface area contributed by atoms with Gasteiger partial charge >= 0.3 is 0 Å². The first-order valence-corrected chi connectivity index (χ1v) is 7.69. The lowest BCUT2D eigenvalue weighted by Crippen LogP contribution is -2.14. The quantitative estimate of drug-likeness (QED) is 0.761. The molecule has 4 nitrogen and oxygen atoms in total. The van der Waals surface area contributed by atoms with Crippen LogP contribution in [0.5, 0.6) is 5.75 Å². The molecule has 2 aromatic carbocycles. The van der Waals surface area contributed by atoms with Gasteiger partial charge in [0, 0.05) is 23.7 Å². The van der Waals surface area contributed by atoms with Crippen LogP contribution in [0.1, 0.15) is 16.8 Å². The van der Waals surface area contributed by atoms with Crippen molar-refractivity contribution >= 4 is 16.8 Å². The molecule has 0 aliphatic rings. The van der Waals surface area contributed by atoms with Gasteiger partial charge in [-0.15, -0.1) is 0 Å². The van der Waals surface area contributed by atoms with Gasteiger partial charge in [-0.05, 0) is 36.6 Å². The summed E-state index contributed by atoms with van der Waals surface area (Å²) in [7, 11) is 0. The van der Waals surface area contributed by atoms with Crippen LogP contribution in [0.25, 0.3) is 10.9 Å². The van der Waals surface area contributed by atoms with Crippen LogP contribution in [0, 0.1) is 6.92 Å². The van der Waals surface area contributed by atoms with Crippen LogP contribution >= 0.6 is 0 Å². The summed E-state index contributed by atoms with van der Waals surface area (Å²) >= 11 is 0. The molecule has 0 bridgehead atoms. The molecule has 0 unspecified atom stereocenters. The number of phenols is 1. The van der Waals surface area contributed by atoms with Crippen LogP contribution in [0.4, 0.5) is 0 Å². The minimum Gasteiger partial charge on any atom is -0.508 e. The average Bonchev–Trinajstić information content (AvgIpc) is 2.77. The molecule has 3 N–H and O–H groups in total. The van der Waals surface area contributed by atoms with E-state index in [0.717, 1.165) is 35.1 Å². The Morgan fingerprint density at radius 1 is 1.17 bits per heavy atom. The maximum absolute atomic E-state index is 11.4. The highest BCUT2D eigenvalue weighted by Crippen LogP contribution is 2.29. The molecule has 23 heavy (non-hydrogen) atoms. The van der Waals surface area contributed by atoms with Crippen molar-refractivity contribution in [3.63, 3.8) is 0 Å². The van der Waals surface area contributed by atoms with Crippen LogP contribution < -0.4 is 5.73 Å². The first kappa shape index (κ1) is 15.2. The van der Waals surface area contributed by atoms with Gasteiger partial charge in [-0.2, -0.15) is 0 Å². The van der Waals surface area contributed by atoms with E-state index in [4.69, 9.17) is 5.73 Å². The van der Waals surface area contributed by atoms with Gasteiger partial charge in [-0.3, -0.25) is 4.79 Å². The number of hydrogen-bond donors (Lipinski definition) is 2. The van der Waals surface area contributed by atoms with E-state index in [2.05, 4.69) is 16.7 Å². The van der Waals surface area contributed by atoms with Crippen LogP contribution in [0.15, 0.2) is 48.5 Å². The summed E-state index contributed by atoms with van der Waals surface area (Å²) in [6.07, 6.45) is 1.10. The van der Waals surface area contributed by atoms with Gasteiger partial charge in [0.25, 0.3) is 0 Å². The van der Waals surface area contributed by atoms with Gasteiger partial charge in [0.05, 0.1) is 11.9 Å². The lowest BCUT2D eigenvalue weighted by Gasteiger charge is -2.09. The van der Waals surface area contributed by atoms with Crippen molar-refractivity contribution in [1.29, 1.82) is 0 Å². The number of aromatic nitrogens is 1. The Labute approximate surface area is 135 Å². The number of primary amides is 1. The number of nitrogens with two attached hydrogens (primary N) is 1. The van der Waals surface area contributed by atoms with Crippen LogP contribution in [-0.2, 0) is 24.2 Å². The third-order valence-electron chi connectivity index (χ3n) is 4.26. The summed E-state index contributed by atoms with van der Waals surface area (Å²) in [4.78, 5) is 11.4. The Kier molecular flexibility index (Phi) is 4.06. The molecule has 0 saturated heterocycles. The fourth-order valence-corrected chi connectivity index (χ4v) is 3.11. The predicted octanol–water partition coefficient (Wildman–Crippen LogP) is 2.93. The summed E-state index contributed by atoms with van der Waals surface area (Å²) < 4.78 is 2.15. The fourth-order valence-electron chi connectivity index (χ4n) is 3.11. The summed E-state index contributed by atoms with van der Waals surface area (Å²) in [5, 5.41) is 10.8. The minimum atomic E-state index is -0.344. The lowest BCUT2D eigenvalue weighted by atomic mass is 10.1. The summed E-state index contributed by atoms with van der Waals surface area (Å²) in [5.74, 6) is -0.120. The Balaban J connectivity index is 2.02. The van der Waals surface area contributed by atoms with E-state index in [-0.39, 0.29) is 18.1 Å². The van der Waals surface area contributed by atoms with Crippen LogP contribution in [0.3, 0.4) is 0 Å². The molecular formula is C19H20N2O2. The van der Waals surface area contributed by atoms with Gasteiger partial charge in [0.2, 0.25) is 5.91 Å². The molecule has 0 aliphatic carbocycles. The van der Waals surface area contributed by atoms with Crippen molar-refractivity contribution in [1.82, 2.24) is 4.57 Å². The van der Waals surface area contributed by atoms with E-state index < -0.39 is 0 Å². The van der Waals surface area contributed by atoms with Crippen molar-refractivity contribution in [2.45, 2.75) is 26.3 Å². The van der Waals surface area contributed by atoms with E-state index in [1.54, 1.807) is 12.1 Å². The number of carbonyl (C=O) groups excluding carboxylic acids is 1. The molecule has 4 heteroatoms. The zero-order valence-electron chi connectivity index (χ0n) is 13.1. The van der Waals surface area contributed by atoms with E-state index in [0.29, 0.717) is 0 Å². The number of benzene rings is 2. The standard InChI is InChI=1S/C19H20N2O2/c1-13-17(12-19(20)23)16-8-7-15(22)11-18(16)21(13)10-9-14-5-3-2-4-6-14/h2-8,11,22H,9-10,12H2,1H3,(H2,20,23). The molecule has 0 spiro atoms. The van der Waals surface area contributed by atoms with Gasteiger partial charge in [0.1, 0.15) is 5.75 Å². The second-order valence-electron chi connectivity index (χ2n) is 5.80. The molecule has 0 radical (unpaired) electrons. The Morgan fingerprint density at radius 3 is 2.61 bits per heavy atom. The summed E-state index contributed by atoms with van der Waals surface area (Å²) in [5.41, 5.74) is 9.56. The maximum Gasteiger partial charge on any atom is 0.221 e. The monoisotopic (exact) mass is 308 g/mol. The number of nitrogens with zero attached hydrogens (tertiary/aromatic N) is 1. The third-order valence-corrected chi connectivity index (χ3v) is 4.26. The maximum atomic E-state index is 11.4. The predicted molar refractivity (Wildman–Crippen MR) is 91.4 cm³/mol. The molecule has 3 aromatic rings. The lowest BCUT2D eigenvalue weighted by molar-refractivity contribution is -0.117. The van der Waals surface area contributed by atoms with Crippen LogP contribution in [0.2, 0.25) is 0 Å². The first-order valence-electron chi connectivity index (χ1n) is 7.69. The topological polar surface area (TPSA) is 68.2 Å². The molecule has 0 atom stereocenters. The number of aryl methyl sites for hydroxylation is 2. The summed E-state index contributed by atoms with van der Waals surface area (Å²) in [6, 6.07) is 15.5. The van der Waals surface area contributed by atoms with E-state index >= 15 is 0 Å². The van der Waals surface area contributed by atoms with Crippen molar-refractivity contribution in [2.24, 2.45) is 5.73 Å². The molecule has 0 saturated carbocycles. The van der Waals surface area contributed by atoms with Gasteiger partial charge in [-0.1, -0.05) is 30.3 Å². The number of rotatable bonds is 5. The summed E-state index contributed by atoms with van der Waals surface area (Å²) in [6.45, 7) is 2.79. The second kappa shape index (κ2) is 6.16. The fraction of sp³-hybridized carbons (Fsp3) is 0.211. The van der Waals surface area contributed by atoms with Crippen molar-refractivity contribution in [3.8, 4) is 5.75 Å². The number of aromatic hydroxyl groups is 1. The SMILES string of the molecule is Cc1c(CC(N)=O)c2ccc(O)cc2n1CCc1ccccc1. The van der Waals surface area contributed by atoms with Gasteiger partial charge in [0.15, 0.2) is 0 Å². The number of phenolic OH excluding ortho intramolecular Hbond substituents is 1. The number of carbonyl (C=O) groups is 1. The van der Waals surface area contributed by atoms with E-state index in [1.807, 2.05) is 31.2 Å². The van der Waals surface area contributed by atoms with Gasteiger partial charge < -0.3 is 15.4 Å². The number of hydrogen-bond acceptors (Lipinski definition) is 2. The molecule has 118 valence electrons. The second-order valence-corrected chi connectivity index (χ2v) is 5.80. The molecule has 3 rings (SSSR count). The smallest absolute Gasteiger partial charge is 0.221 e. The highest BCUT2D eigenvalue weighted by Gasteiger charge is 2.16. The molecule has 1 amide bonds. The van der Waals surface area contributed by atoms with Crippen molar-refractivity contribution in [3.05, 3.63) is 65.4 Å². The average molecular weight is 308 g/mol. The van der Waals surface area contributed by atoms with Gasteiger partial charge in [-0.25, -0.2) is 0 Å². The zero-order valence-corrected chi connectivity index (χ0v) is 13.1. The van der Waals surface area contributed by atoms with E-state index in [1.165, 1.54) is 5.56 Å². The highest BCUT2D eigenvalue weighted by atomic mass is 16.3. The van der Waals surface area contributed by atoms with Crippen molar-refractivity contribution in [2.75, 3.05) is 0 Å². The minimum absolute atomic E-state index is 0.214. The number of fused-ring (bicyclic) bond motifs is 1. The first-order chi connectivity index (χ1) is 11.1. The highest BCUT2D eigenvalue weighted by molar-refractivity contribution is 5.91. The number of amides is 1.